The molecule has 4 nitrogen and oxygen atoms in total. The lowest BCUT2D eigenvalue weighted by Crippen LogP contribution is -2.32. The Morgan fingerprint density at radius 2 is 1.86 bits per heavy atom. The summed E-state index contributed by atoms with van der Waals surface area (Å²) in [7, 11) is 0. The number of halogens is 1. The van der Waals surface area contributed by atoms with Gasteiger partial charge >= 0.3 is 6.03 Å². The molecule has 0 unspecified atom stereocenters. The Kier molecular flexibility index (Phi) is 6.27. The number of amides is 2. The molecule has 0 aliphatic rings. The molecule has 0 saturated heterocycles. The van der Waals surface area contributed by atoms with Gasteiger partial charge in [0.05, 0.1) is 12.2 Å². The van der Waals surface area contributed by atoms with Crippen molar-refractivity contribution in [3.8, 4) is 5.75 Å². The molecule has 0 atom stereocenters. The third-order valence-electron chi connectivity index (χ3n) is 3.12. The van der Waals surface area contributed by atoms with Crippen LogP contribution in [0.5, 0.6) is 5.75 Å². The average Bonchev–Trinajstić information content (AvgIpc) is 2.54. The molecule has 0 heterocycles. The zero-order chi connectivity index (χ0) is 15.8. The molecule has 0 aliphatic heterocycles. The van der Waals surface area contributed by atoms with E-state index in [9.17, 15) is 4.79 Å². The molecule has 0 aromatic heterocycles. The Bertz CT molecular complexity index is 632. The first-order chi connectivity index (χ1) is 10.7. The van der Waals surface area contributed by atoms with Crippen molar-refractivity contribution in [2.24, 2.45) is 0 Å². The fraction of sp³-hybridized carbons (Fsp3) is 0.235. The van der Waals surface area contributed by atoms with E-state index in [1.807, 2.05) is 48.5 Å². The fourth-order valence-corrected chi connectivity index (χ4v) is 2.38. The Balaban J connectivity index is 1.75. The van der Waals surface area contributed by atoms with Crippen LogP contribution in [0.4, 0.5) is 10.5 Å². The number of urea groups is 1. The number of nitrogens with one attached hydrogen (secondary N) is 2. The van der Waals surface area contributed by atoms with Crippen molar-refractivity contribution in [2.45, 2.75) is 13.3 Å². The minimum absolute atomic E-state index is 0.251. The zero-order valence-electron chi connectivity index (χ0n) is 12.4. The number of anilines is 1. The van der Waals surface area contributed by atoms with Crippen molar-refractivity contribution in [3.05, 3.63) is 58.6 Å². The number of ether oxygens (including phenoxy) is 1. The lowest BCUT2D eigenvalue weighted by atomic mass is 10.1. The van der Waals surface area contributed by atoms with Crippen LogP contribution in [0.15, 0.2) is 53.0 Å². The Hall–Kier alpha value is -2.01. The van der Waals surface area contributed by atoms with Crippen LogP contribution in [0, 0.1) is 0 Å². The second kappa shape index (κ2) is 8.44. The van der Waals surface area contributed by atoms with Gasteiger partial charge in [0, 0.05) is 4.47 Å². The molecule has 2 amide bonds. The molecule has 0 bridgehead atoms. The van der Waals surface area contributed by atoms with E-state index in [0.29, 0.717) is 13.2 Å². The second-order valence-corrected chi connectivity index (χ2v) is 5.52. The topological polar surface area (TPSA) is 50.4 Å². The standard InChI is InChI=1S/C17H19BrN2O2/c1-2-13-7-3-6-10-16(13)22-12-11-19-17(21)20-15-9-5-4-8-14(15)18/h3-10H,2,11-12H2,1H3,(H2,19,20,21). The predicted molar refractivity (Wildman–Crippen MR) is 92.5 cm³/mol. The van der Waals surface area contributed by atoms with Crippen molar-refractivity contribution in [1.29, 1.82) is 0 Å². The molecule has 0 radical (unpaired) electrons. The van der Waals surface area contributed by atoms with Crippen LogP contribution in [0.1, 0.15) is 12.5 Å². The van der Waals surface area contributed by atoms with E-state index in [1.54, 1.807) is 0 Å². The van der Waals surface area contributed by atoms with Gasteiger partial charge in [0.15, 0.2) is 0 Å². The van der Waals surface area contributed by atoms with Crippen LogP contribution in [0.3, 0.4) is 0 Å². The highest BCUT2D eigenvalue weighted by Gasteiger charge is 2.04. The summed E-state index contributed by atoms with van der Waals surface area (Å²) >= 11 is 3.39. The molecule has 116 valence electrons. The van der Waals surface area contributed by atoms with Gasteiger partial charge in [0.2, 0.25) is 0 Å². The van der Waals surface area contributed by atoms with Crippen LogP contribution < -0.4 is 15.4 Å². The van der Waals surface area contributed by atoms with Crippen LogP contribution in [0.2, 0.25) is 0 Å². The summed E-state index contributed by atoms with van der Waals surface area (Å²) in [5, 5.41) is 5.55. The lowest BCUT2D eigenvalue weighted by molar-refractivity contribution is 0.247. The summed E-state index contributed by atoms with van der Waals surface area (Å²) in [6, 6.07) is 15.1. The third kappa shape index (κ3) is 4.77. The molecule has 0 aliphatic carbocycles. The van der Waals surface area contributed by atoms with Gasteiger partial charge in [-0.3, -0.25) is 0 Å². The highest BCUT2D eigenvalue weighted by molar-refractivity contribution is 9.10. The Morgan fingerprint density at radius 3 is 2.64 bits per heavy atom. The van der Waals surface area contributed by atoms with E-state index in [0.717, 1.165) is 22.3 Å². The number of benzene rings is 2. The van der Waals surface area contributed by atoms with Crippen molar-refractivity contribution >= 4 is 27.6 Å². The van der Waals surface area contributed by atoms with E-state index in [1.165, 1.54) is 5.56 Å². The normalized spacial score (nSPS) is 10.1. The smallest absolute Gasteiger partial charge is 0.319 e. The van der Waals surface area contributed by atoms with E-state index >= 15 is 0 Å². The summed E-state index contributed by atoms with van der Waals surface area (Å²) in [5.74, 6) is 0.873. The number of para-hydroxylation sites is 2. The molecule has 0 saturated carbocycles. The van der Waals surface area contributed by atoms with E-state index < -0.39 is 0 Å². The van der Waals surface area contributed by atoms with Crippen LogP contribution in [-0.4, -0.2) is 19.2 Å². The van der Waals surface area contributed by atoms with Crippen molar-refractivity contribution in [1.82, 2.24) is 5.32 Å². The summed E-state index contributed by atoms with van der Waals surface area (Å²) in [5.41, 5.74) is 1.90. The van der Waals surface area contributed by atoms with E-state index in [2.05, 4.69) is 33.5 Å². The number of hydrogen-bond donors (Lipinski definition) is 2. The molecular weight excluding hydrogens is 344 g/mol. The van der Waals surface area contributed by atoms with Crippen molar-refractivity contribution in [2.75, 3.05) is 18.5 Å². The van der Waals surface area contributed by atoms with Crippen LogP contribution >= 0.6 is 15.9 Å². The number of aryl methyl sites for hydroxylation is 1. The minimum atomic E-state index is -0.251. The van der Waals surface area contributed by atoms with E-state index in [4.69, 9.17) is 4.74 Å². The minimum Gasteiger partial charge on any atom is -0.491 e. The first kappa shape index (κ1) is 16.4. The zero-order valence-corrected chi connectivity index (χ0v) is 14.0. The summed E-state index contributed by atoms with van der Waals surface area (Å²) in [4.78, 5) is 11.8. The van der Waals surface area contributed by atoms with Gasteiger partial charge in [-0.05, 0) is 46.1 Å². The molecule has 22 heavy (non-hydrogen) atoms. The van der Waals surface area contributed by atoms with Gasteiger partial charge in [-0.15, -0.1) is 0 Å². The number of rotatable bonds is 6. The molecule has 2 aromatic carbocycles. The van der Waals surface area contributed by atoms with Gasteiger partial charge in [-0.1, -0.05) is 37.3 Å². The molecule has 0 spiro atoms. The molecular formula is C17H19BrN2O2. The first-order valence-electron chi connectivity index (χ1n) is 7.20. The van der Waals surface area contributed by atoms with Crippen LogP contribution in [0.25, 0.3) is 0 Å². The summed E-state index contributed by atoms with van der Waals surface area (Å²) in [6.45, 7) is 2.96. The number of hydrogen-bond acceptors (Lipinski definition) is 2. The maximum absolute atomic E-state index is 11.8. The molecule has 2 aromatic rings. The summed E-state index contributed by atoms with van der Waals surface area (Å²) < 4.78 is 6.55. The summed E-state index contributed by atoms with van der Waals surface area (Å²) in [6.07, 6.45) is 0.923. The van der Waals surface area contributed by atoms with Crippen molar-refractivity contribution < 1.29 is 9.53 Å². The van der Waals surface area contributed by atoms with Crippen LogP contribution in [-0.2, 0) is 6.42 Å². The molecule has 0 fully saturated rings. The van der Waals surface area contributed by atoms with Gasteiger partial charge in [0.1, 0.15) is 12.4 Å². The largest absolute Gasteiger partial charge is 0.491 e. The predicted octanol–water partition coefficient (Wildman–Crippen LogP) is 4.21. The van der Waals surface area contributed by atoms with Gasteiger partial charge in [-0.2, -0.15) is 0 Å². The van der Waals surface area contributed by atoms with E-state index in [-0.39, 0.29) is 6.03 Å². The average molecular weight is 363 g/mol. The molecule has 2 N–H and O–H groups in total. The monoisotopic (exact) mass is 362 g/mol. The SMILES string of the molecule is CCc1ccccc1OCCNC(=O)Nc1ccccc1Br. The highest BCUT2D eigenvalue weighted by Crippen LogP contribution is 2.21. The maximum atomic E-state index is 11.8. The Morgan fingerprint density at radius 1 is 1.14 bits per heavy atom. The lowest BCUT2D eigenvalue weighted by Gasteiger charge is -2.12. The highest BCUT2D eigenvalue weighted by atomic mass is 79.9. The second-order valence-electron chi connectivity index (χ2n) is 4.67. The molecule has 5 heteroatoms. The van der Waals surface area contributed by atoms with Gasteiger partial charge < -0.3 is 15.4 Å². The fourth-order valence-electron chi connectivity index (χ4n) is 1.99. The maximum Gasteiger partial charge on any atom is 0.319 e. The Labute approximate surface area is 139 Å². The number of carbonyl (C=O) groups excluding carboxylic acids is 1. The van der Waals surface area contributed by atoms with Gasteiger partial charge in [0.25, 0.3) is 0 Å². The number of carbonyl (C=O) groups is 1. The van der Waals surface area contributed by atoms with Gasteiger partial charge in [-0.25, -0.2) is 4.79 Å². The third-order valence-corrected chi connectivity index (χ3v) is 3.81. The van der Waals surface area contributed by atoms with Crippen molar-refractivity contribution in [3.63, 3.8) is 0 Å². The quantitative estimate of drug-likeness (QED) is 0.756. The first-order valence-corrected chi connectivity index (χ1v) is 8.00. The molecule has 2 rings (SSSR count).